The van der Waals surface area contributed by atoms with Crippen LogP contribution in [0.2, 0.25) is 0 Å². The summed E-state index contributed by atoms with van der Waals surface area (Å²) in [6, 6.07) is 0. The van der Waals surface area contributed by atoms with Crippen molar-refractivity contribution < 1.29 is 5.11 Å². The van der Waals surface area contributed by atoms with Crippen LogP contribution in [0.4, 0.5) is 0 Å². The maximum absolute atomic E-state index is 9.23. The fourth-order valence-electron chi connectivity index (χ4n) is 0.812. The third-order valence-electron chi connectivity index (χ3n) is 2.26. The van der Waals surface area contributed by atoms with Gasteiger partial charge in [0.15, 0.2) is 0 Å². The van der Waals surface area contributed by atoms with E-state index in [4.69, 9.17) is 5.73 Å². The second-order valence-corrected chi connectivity index (χ2v) is 2.73. The van der Waals surface area contributed by atoms with Crippen LogP contribution in [-0.4, -0.2) is 28.4 Å². The normalized spacial score (nSPS) is 63.4. The summed E-state index contributed by atoms with van der Waals surface area (Å²) < 4.78 is 0. The first kappa shape index (κ1) is 6.01. The minimum Gasteiger partial charge on any atom is -0.372 e. The van der Waals surface area contributed by atoms with E-state index in [2.05, 4.69) is 0 Å². The fourth-order valence-corrected chi connectivity index (χ4v) is 0.812. The van der Waals surface area contributed by atoms with Crippen molar-refractivity contribution in [3.63, 3.8) is 0 Å². The largest absolute Gasteiger partial charge is 0.372 e. The Morgan fingerprint density at radius 1 is 1.50 bits per heavy atom. The molecule has 0 amide bonds. The zero-order valence-corrected chi connectivity index (χ0v) is 5.47. The molecule has 3 unspecified atom stereocenters. The molecule has 3 nitrogen and oxygen atoms in total. The van der Waals surface area contributed by atoms with Crippen LogP contribution in [0.25, 0.3) is 0 Å². The molecule has 3 N–H and O–H groups in total. The number of hydrogen-bond donors (Lipinski definition) is 2. The van der Waals surface area contributed by atoms with Crippen LogP contribution in [-0.2, 0) is 0 Å². The number of hydrogen-bond acceptors (Lipinski definition) is 3. The smallest absolute Gasteiger partial charge is 0.148 e. The zero-order chi connectivity index (χ0) is 6.58. The van der Waals surface area contributed by atoms with Crippen molar-refractivity contribution in [3.8, 4) is 0 Å². The van der Waals surface area contributed by atoms with Crippen molar-refractivity contribution in [3.05, 3.63) is 0 Å². The standard InChI is InChI=1S/C5H12N2O/c1-4(6)5(2,8)7(4)3/h8H,6H2,1-3H3. The van der Waals surface area contributed by atoms with E-state index >= 15 is 0 Å². The average Bonchev–Trinajstić information content (AvgIpc) is 1.88. The van der Waals surface area contributed by atoms with Gasteiger partial charge in [-0.1, -0.05) is 0 Å². The Bertz CT molecular complexity index is 106. The molecule has 0 aromatic heterocycles. The molecule has 1 fully saturated rings. The second kappa shape index (κ2) is 1.07. The molecule has 1 saturated heterocycles. The molecule has 1 aliphatic heterocycles. The van der Waals surface area contributed by atoms with Gasteiger partial charge in [0.05, 0.1) is 0 Å². The monoisotopic (exact) mass is 116 g/mol. The lowest BCUT2D eigenvalue weighted by Crippen LogP contribution is -2.29. The van der Waals surface area contributed by atoms with Gasteiger partial charge in [0.25, 0.3) is 0 Å². The van der Waals surface area contributed by atoms with E-state index in [9.17, 15) is 5.11 Å². The molecule has 1 aliphatic rings. The summed E-state index contributed by atoms with van der Waals surface area (Å²) in [6.45, 7) is 3.50. The molecule has 0 aliphatic carbocycles. The maximum atomic E-state index is 9.23. The Morgan fingerprint density at radius 3 is 1.62 bits per heavy atom. The summed E-state index contributed by atoms with van der Waals surface area (Å²) in [6.07, 6.45) is 0. The van der Waals surface area contributed by atoms with Crippen molar-refractivity contribution in [1.29, 1.82) is 0 Å². The molecule has 3 atom stereocenters. The van der Waals surface area contributed by atoms with Gasteiger partial charge >= 0.3 is 0 Å². The first-order valence-corrected chi connectivity index (χ1v) is 2.66. The minimum absolute atomic E-state index is 0.507. The van der Waals surface area contributed by atoms with Gasteiger partial charge in [-0.25, -0.2) is 0 Å². The summed E-state index contributed by atoms with van der Waals surface area (Å²) >= 11 is 0. The summed E-state index contributed by atoms with van der Waals surface area (Å²) in [5.41, 5.74) is 4.27. The van der Waals surface area contributed by atoms with Gasteiger partial charge in [0, 0.05) is 0 Å². The maximum Gasteiger partial charge on any atom is 0.148 e. The lowest BCUT2D eigenvalue weighted by molar-refractivity contribution is 0.109. The Morgan fingerprint density at radius 2 is 1.62 bits per heavy atom. The highest BCUT2D eigenvalue weighted by atomic mass is 16.3. The highest BCUT2D eigenvalue weighted by Gasteiger charge is 2.64. The molecule has 0 spiro atoms. The Labute approximate surface area is 49.1 Å². The van der Waals surface area contributed by atoms with Crippen LogP contribution in [0.15, 0.2) is 0 Å². The van der Waals surface area contributed by atoms with E-state index in [1.54, 1.807) is 25.8 Å². The van der Waals surface area contributed by atoms with Crippen LogP contribution in [0.3, 0.4) is 0 Å². The van der Waals surface area contributed by atoms with E-state index < -0.39 is 11.4 Å². The topological polar surface area (TPSA) is 49.3 Å². The van der Waals surface area contributed by atoms with Crippen LogP contribution >= 0.6 is 0 Å². The predicted octanol–water partition coefficient (Wildman–Crippen LogP) is -0.685. The molecular formula is C5H12N2O. The molecule has 8 heavy (non-hydrogen) atoms. The van der Waals surface area contributed by atoms with Crippen molar-refractivity contribution in [1.82, 2.24) is 4.90 Å². The van der Waals surface area contributed by atoms with Crippen molar-refractivity contribution in [2.45, 2.75) is 25.2 Å². The first-order chi connectivity index (χ1) is 3.40. The summed E-state index contributed by atoms with van der Waals surface area (Å²) in [7, 11) is 1.79. The third-order valence-corrected chi connectivity index (χ3v) is 2.26. The van der Waals surface area contributed by atoms with Crippen LogP contribution < -0.4 is 5.73 Å². The Kier molecular flexibility index (Phi) is 0.807. The van der Waals surface area contributed by atoms with Crippen LogP contribution in [0.1, 0.15) is 13.8 Å². The van der Waals surface area contributed by atoms with Gasteiger partial charge in [0.1, 0.15) is 11.4 Å². The van der Waals surface area contributed by atoms with Gasteiger partial charge in [0.2, 0.25) is 0 Å². The lowest BCUT2D eigenvalue weighted by Gasteiger charge is -1.99. The predicted molar refractivity (Wildman–Crippen MR) is 31.0 cm³/mol. The van der Waals surface area contributed by atoms with Gasteiger partial charge < -0.3 is 10.8 Å². The van der Waals surface area contributed by atoms with Crippen molar-refractivity contribution >= 4 is 0 Å². The molecule has 0 aromatic carbocycles. The average molecular weight is 116 g/mol. The molecule has 48 valence electrons. The molecule has 1 rings (SSSR count). The van der Waals surface area contributed by atoms with Gasteiger partial charge in [-0.15, -0.1) is 0 Å². The van der Waals surface area contributed by atoms with Gasteiger partial charge in [-0.05, 0) is 20.9 Å². The van der Waals surface area contributed by atoms with Crippen LogP contribution in [0, 0.1) is 0 Å². The number of nitrogens with two attached hydrogens (primary N) is 1. The summed E-state index contributed by atoms with van der Waals surface area (Å²) in [5, 5.41) is 9.23. The molecule has 0 radical (unpaired) electrons. The Balaban J connectivity index is 2.72. The minimum atomic E-state index is -0.785. The zero-order valence-electron chi connectivity index (χ0n) is 5.47. The fraction of sp³-hybridized carbons (Fsp3) is 1.00. The lowest BCUT2D eigenvalue weighted by atomic mass is 10.2. The van der Waals surface area contributed by atoms with Crippen molar-refractivity contribution in [2.75, 3.05) is 7.05 Å². The molecule has 0 aromatic rings. The molecule has 1 heterocycles. The van der Waals surface area contributed by atoms with E-state index in [1.807, 2.05) is 0 Å². The van der Waals surface area contributed by atoms with Gasteiger partial charge in [-0.2, -0.15) is 0 Å². The van der Waals surface area contributed by atoms with Crippen molar-refractivity contribution in [2.24, 2.45) is 5.73 Å². The van der Waals surface area contributed by atoms with Crippen LogP contribution in [0.5, 0.6) is 0 Å². The third kappa shape index (κ3) is 0.393. The number of aliphatic hydroxyl groups is 1. The first-order valence-electron chi connectivity index (χ1n) is 2.66. The van der Waals surface area contributed by atoms with E-state index in [0.29, 0.717) is 0 Å². The quantitative estimate of drug-likeness (QED) is 0.412. The number of rotatable bonds is 0. The summed E-state index contributed by atoms with van der Waals surface area (Å²) in [5.74, 6) is 0. The van der Waals surface area contributed by atoms with Gasteiger partial charge in [-0.3, -0.25) is 4.90 Å². The van der Waals surface area contributed by atoms with E-state index in [0.717, 1.165) is 0 Å². The molecule has 0 saturated carbocycles. The summed E-state index contributed by atoms with van der Waals surface area (Å²) in [4.78, 5) is 1.71. The number of nitrogens with zero attached hydrogens (tertiary/aromatic N) is 1. The number of likely N-dealkylation sites (N-methyl/N-ethyl adjacent to an activating group) is 1. The van der Waals surface area contributed by atoms with E-state index in [1.165, 1.54) is 0 Å². The molecule has 3 heteroatoms. The SMILES string of the molecule is CN1C(C)(N)C1(C)O. The highest BCUT2D eigenvalue weighted by molar-refractivity contribution is 5.11. The second-order valence-electron chi connectivity index (χ2n) is 2.73. The Hall–Kier alpha value is -0.120. The highest BCUT2D eigenvalue weighted by Crippen LogP contribution is 2.42. The molecular weight excluding hydrogens is 104 g/mol. The van der Waals surface area contributed by atoms with E-state index in [-0.39, 0.29) is 0 Å². The molecule has 0 bridgehead atoms.